The van der Waals surface area contributed by atoms with Gasteiger partial charge < -0.3 is 20.1 Å². The smallest absolute Gasteiger partial charge is 0.300 e. The number of carboxylic acids is 1. The van der Waals surface area contributed by atoms with Crippen molar-refractivity contribution < 1.29 is 23.8 Å². The number of aliphatic carboxylic acids is 1. The van der Waals surface area contributed by atoms with Crippen molar-refractivity contribution in [3.05, 3.63) is 41.7 Å². The number of carbonyl (C=O) groups excluding carboxylic acids is 1. The lowest BCUT2D eigenvalue weighted by Gasteiger charge is -2.39. The number of benzene rings is 2. The SMILES string of the molecule is CC(=O)O.Cc1cc(-c2cc3c(cc2NC2CCC2)N2C(=NNC(=O)C2C)CO3)ccc1F. The normalized spacial score (nSPS) is 18.9. The molecule has 0 aromatic heterocycles. The van der Waals surface area contributed by atoms with Crippen LogP contribution in [-0.4, -0.2) is 41.5 Å². The molecule has 1 fully saturated rings. The van der Waals surface area contributed by atoms with Crippen LogP contribution < -0.4 is 20.4 Å². The first-order valence-electron chi connectivity index (χ1n) is 10.9. The van der Waals surface area contributed by atoms with Gasteiger partial charge in [-0.05, 0) is 68.5 Å². The number of halogens is 1. The number of hydrogen-bond donors (Lipinski definition) is 3. The van der Waals surface area contributed by atoms with E-state index in [2.05, 4.69) is 15.8 Å². The maximum Gasteiger partial charge on any atom is 0.300 e. The molecule has 33 heavy (non-hydrogen) atoms. The van der Waals surface area contributed by atoms with Crippen molar-refractivity contribution >= 4 is 29.1 Å². The molecule has 9 heteroatoms. The number of rotatable bonds is 3. The summed E-state index contributed by atoms with van der Waals surface area (Å²) in [5.41, 5.74) is 6.83. The highest BCUT2D eigenvalue weighted by Crippen LogP contribution is 2.43. The molecule has 1 aliphatic carbocycles. The third kappa shape index (κ3) is 4.62. The number of nitrogens with zero attached hydrogens (tertiary/aromatic N) is 2. The van der Waals surface area contributed by atoms with Crippen LogP contribution in [0.5, 0.6) is 5.75 Å². The molecular formula is C24H27FN4O4. The number of fused-ring (bicyclic) bond motifs is 3. The number of hydrogen-bond acceptors (Lipinski definition) is 6. The van der Waals surface area contributed by atoms with E-state index in [4.69, 9.17) is 14.6 Å². The van der Waals surface area contributed by atoms with Crippen molar-refractivity contribution in [2.24, 2.45) is 5.10 Å². The number of hydrazone groups is 1. The molecule has 2 heterocycles. The van der Waals surface area contributed by atoms with Crippen molar-refractivity contribution in [3.8, 4) is 16.9 Å². The fourth-order valence-corrected chi connectivity index (χ4v) is 4.01. The van der Waals surface area contributed by atoms with Gasteiger partial charge in [-0.2, -0.15) is 5.10 Å². The zero-order chi connectivity index (χ0) is 23.7. The van der Waals surface area contributed by atoms with Gasteiger partial charge in [-0.25, -0.2) is 9.82 Å². The molecule has 3 N–H and O–H groups in total. The molecule has 2 aromatic rings. The molecule has 5 rings (SSSR count). The Labute approximate surface area is 191 Å². The van der Waals surface area contributed by atoms with Crippen molar-refractivity contribution in [2.75, 3.05) is 16.8 Å². The Kier molecular flexibility index (Phi) is 6.22. The largest absolute Gasteiger partial charge is 0.483 e. The molecule has 3 aliphatic rings. The van der Waals surface area contributed by atoms with Crippen LogP contribution in [-0.2, 0) is 9.59 Å². The van der Waals surface area contributed by atoms with Crippen LogP contribution in [0.3, 0.4) is 0 Å². The molecule has 1 amide bonds. The van der Waals surface area contributed by atoms with Crippen molar-refractivity contribution in [1.29, 1.82) is 0 Å². The van der Waals surface area contributed by atoms with Crippen molar-refractivity contribution in [3.63, 3.8) is 0 Å². The standard InChI is InChI=1S/C22H23FN4O2.C2H4O2/c1-12-8-14(6-7-17(12)23)16-9-20-19(10-18(16)24-15-4-3-5-15)27-13(2)22(28)26-25-21(27)11-29-20;1-2(3)4/h6-10,13,15,24H,3-5,11H2,1-2H3,(H,26,28);1H3,(H,3,4). The van der Waals surface area contributed by atoms with Gasteiger partial charge in [0, 0.05) is 24.2 Å². The minimum Gasteiger partial charge on any atom is -0.483 e. The second kappa shape index (κ2) is 9.09. The van der Waals surface area contributed by atoms with Gasteiger partial charge in [0.2, 0.25) is 0 Å². The van der Waals surface area contributed by atoms with Gasteiger partial charge in [-0.15, -0.1) is 0 Å². The number of amides is 1. The number of amidine groups is 1. The van der Waals surface area contributed by atoms with Gasteiger partial charge >= 0.3 is 0 Å². The lowest BCUT2D eigenvalue weighted by Crippen LogP contribution is -2.55. The van der Waals surface area contributed by atoms with E-state index in [1.165, 1.54) is 12.5 Å². The van der Waals surface area contributed by atoms with Crippen LogP contribution in [0.25, 0.3) is 11.1 Å². The predicted octanol–water partition coefficient (Wildman–Crippen LogP) is 3.89. The van der Waals surface area contributed by atoms with Gasteiger partial charge in [0.15, 0.2) is 5.84 Å². The van der Waals surface area contributed by atoms with E-state index in [9.17, 15) is 9.18 Å². The number of nitrogens with one attached hydrogen (secondary N) is 2. The first kappa shape index (κ1) is 22.6. The van der Waals surface area contributed by atoms with E-state index in [-0.39, 0.29) is 24.4 Å². The molecule has 8 nitrogen and oxygen atoms in total. The van der Waals surface area contributed by atoms with Crippen molar-refractivity contribution in [1.82, 2.24) is 5.43 Å². The lowest BCUT2D eigenvalue weighted by atomic mass is 9.91. The van der Waals surface area contributed by atoms with E-state index in [0.29, 0.717) is 23.2 Å². The Morgan fingerprint density at radius 2 is 2.03 bits per heavy atom. The summed E-state index contributed by atoms with van der Waals surface area (Å²) in [5, 5.41) is 15.2. The van der Waals surface area contributed by atoms with E-state index >= 15 is 0 Å². The Balaban J connectivity index is 0.000000601. The maximum atomic E-state index is 13.8. The minimum absolute atomic E-state index is 0.145. The molecule has 0 radical (unpaired) electrons. The molecule has 1 atom stereocenters. The van der Waals surface area contributed by atoms with Gasteiger partial charge in [0.25, 0.3) is 11.9 Å². The number of aryl methyl sites for hydroxylation is 1. The monoisotopic (exact) mass is 454 g/mol. The van der Waals surface area contributed by atoms with Crippen LogP contribution in [0.4, 0.5) is 15.8 Å². The fourth-order valence-electron chi connectivity index (χ4n) is 4.01. The molecule has 1 unspecified atom stereocenters. The topological polar surface area (TPSA) is 103 Å². The molecular weight excluding hydrogens is 427 g/mol. The molecule has 2 aliphatic heterocycles. The third-order valence-electron chi connectivity index (χ3n) is 5.99. The zero-order valence-corrected chi connectivity index (χ0v) is 18.8. The second-order valence-electron chi connectivity index (χ2n) is 8.46. The van der Waals surface area contributed by atoms with Crippen LogP contribution in [0.2, 0.25) is 0 Å². The Hall–Kier alpha value is -3.62. The van der Waals surface area contributed by atoms with Gasteiger partial charge in [0.05, 0.1) is 5.69 Å². The Bertz CT molecular complexity index is 1130. The second-order valence-corrected chi connectivity index (χ2v) is 8.46. The zero-order valence-electron chi connectivity index (χ0n) is 18.8. The Morgan fingerprint density at radius 1 is 1.30 bits per heavy atom. The van der Waals surface area contributed by atoms with Gasteiger partial charge in [-0.1, -0.05) is 6.07 Å². The third-order valence-corrected chi connectivity index (χ3v) is 5.99. The maximum absolute atomic E-state index is 13.8. The summed E-state index contributed by atoms with van der Waals surface area (Å²) in [6.07, 6.45) is 3.48. The lowest BCUT2D eigenvalue weighted by molar-refractivity contribution is -0.134. The summed E-state index contributed by atoms with van der Waals surface area (Å²) in [6, 6.07) is 9.22. The van der Waals surface area contributed by atoms with Crippen LogP contribution >= 0.6 is 0 Å². The van der Waals surface area contributed by atoms with Crippen LogP contribution in [0.1, 0.15) is 38.7 Å². The first-order valence-corrected chi connectivity index (χ1v) is 10.9. The van der Waals surface area contributed by atoms with Crippen LogP contribution in [0.15, 0.2) is 35.4 Å². The molecule has 0 spiro atoms. The van der Waals surface area contributed by atoms with Gasteiger partial charge in [-0.3, -0.25) is 9.59 Å². The molecule has 0 bridgehead atoms. The number of carboxylic acid groups (broad SMARTS) is 1. The summed E-state index contributed by atoms with van der Waals surface area (Å²) in [5.74, 6) is 0.185. The van der Waals surface area contributed by atoms with E-state index in [1.54, 1.807) is 13.0 Å². The number of carbonyl (C=O) groups is 2. The van der Waals surface area contributed by atoms with Crippen LogP contribution in [0, 0.1) is 12.7 Å². The molecule has 2 aromatic carbocycles. The number of ether oxygens (including phenoxy) is 1. The summed E-state index contributed by atoms with van der Waals surface area (Å²) < 4.78 is 19.8. The average Bonchev–Trinajstić information content (AvgIpc) is 2.74. The van der Waals surface area contributed by atoms with E-state index in [1.807, 2.05) is 30.0 Å². The summed E-state index contributed by atoms with van der Waals surface area (Å²) in [6.45, 7) is 4.99. The highest BCUT2D eigenvalue weighted by Gasteiger charge is 2.36. The minimum atomic E-state index is -0.833. The Morgan fingerprint density at radius 3 is 2.67 bits per heavy atom. The quantitative estimate of drug-likeness (QED) is 0.650. The molecule has 1 saturated carbocycles. The van der Waals surface area contributed by atoms with Gasteiger partial charge in [0.1, 0.15) is 24.2 Å². The van der Waals surface area contributed by atoms with Crippen molar-refractivity contribution in [2.45, 2.75) is 52.1 Å². The summed E-state index contributed by atoms with van der Waals surface area (Å²) in [7, 11) is 0. The summed E-state index contributed by atoms with van der Waals surface area (Å²) in [4.78, 5) is 23.1. The van der Waals surface area contributed by atoms with E-state index in [0.717, 1.165) is 42.3 Å². The highest BCUT2D eigenvalue weighted by atomic mass is 19.1. The summed E-state index contributed by atoms with van der Waals surface area (Å²) >= 11 is 0. The first-order chi connectivity index (χ1) is 15.7. The molecule has 0 saturated heterocycles. The number of anilines is 2. The molecule has 174 valence electrons. The highest BCUT2D eigenvalue weighted by molar-refractivity contribution is 6.10. The predicted molar refractivity (Wildman–Crippen MR) is 124 cm³/mol. The van der Waals surface area contributed by atoms with E-state index < -0.39 is 5.97 Å². The fraction of sp³-hybridized carbons (Fsp3) is 0.375. The average molecular weight is 455 g/mol.